The lowest BCUT2D eigenvalue weighted by Crippen LogP contribution is -2.41. The first-order chi connectivity index (χ1) is 17.3. The lowest BCUT2D eigenvalue weighted by Gasteiger charge is -2.29. The normalized spacial score (nSPS) is 14.6. The summed E-state index contributed by atoms with van der Waals surface area (Å²) in [5, 5.41) is 2.12. The molecular weight excluding hydrogens is 430 g/mol. The van der Waals surface area contributed by atoms with E-state index in [1.165, 1.54) is 0 Å². The number of benzene rings is 4. The molecule has 4 aromatic carbocycles. The van der Waals surface area contributed by atoms with Gasteiger partial charge in [-0.2, -0.15) is 0 Å². The number of fused-ring (bicyclic) bond motifs is 3. The minimum Gasteiger partial charge on any atom is -0.361 e. The summed E-state index contributed by atoms with van der Waals surface area (Å²) in [5.74, 6) is 0.0667. The Bertz CT molecular complexity index is 1640. The molecule has 1 aliphatic heterocycles. The SMILES string of the molecule is O=C1N(Cc2ccccc2)c2ccccc2C1(c1c[nH]c2ccccc12)c1c[nH]c2ccccc12. The molecule has 35 heavy (non-hydrogen) atoms. The fraction of sp³-hybridized carbons (Fsp3) is 0.0645. The van der Waals surface area contributed by atoms with E-state index in [1.807, 2.05) is 71.9 Å². The number of rotatable bonds is 4. The van der Waals surface area contributed by atoms with Crippen molar-refractivity contribution < 1.29 is 4.79 Å². The first kappa shape index (κ1) is 19.9. The van der Waals surface area contributed by atoms with Gasteiger partial charge >= 0.3 is 0 Å². The number of para-hydroxylation sites is 3. The average Bonchev–Trinajstić information content (AvgIpc) is 3.60. The number of hydrogen-bond acceptors (Lipinski definition) is 1. The van der Waals surface area contributed by atoms with Crippen LogP contribution < -0.4 is 4.90 Å². The van der Waals surface area contributed by atoms with E-state index in [0.29, 0.717) is 6.54 Å². The van der Waals surface area contributed by atoms with Gasteiger partial charge < -0.3 is 14.9 Å². The molecule has 4 heteroatoms. The molecule has 168 valence electrons. The zero-order valence-corrected chi connectivity index (χ0v) is 19.0. The smallest absolute Gasteiger partial charge is 0.247 e. The predicted molar refractivity (Wildman–Crippen MR) is 141 cm³/mol. The molecule has 0 spiro atoms. The molecule has 0 saturated heterocycles. The van der Waals surface area contributed by atoms with Crippen molar-refractivity contribution >= 4 is 33.4 Å². The summed E-state index contributed by atoms with van der Waals surface area (Å²) in [6, 6.07) is 34.9. The molecule has 0 unspecified atom stereocenters. The number of hydrogen-bond donors (Lipinski definition) is 2. The van der Waals surface area contributed by atoms with E-state index in [1.54, 1.807) is 0 Å². The Morgan fingerprint density at radius 2 is 1.14 bits per heavy atom. The largest absolute Gasteiger partial charge is 0.361 e. The van der Waals surface area contributed by atoms with E-state index in [2.05, 4.69) is 58.5 Å². The molecule has 7 rings (SSSR count). The summed E-state index contributed by atoms with van der Waals surface area (Å²) in [6.45, 7) is 0.517. The van der Waals surface area contributed by atoms with Gasteiger partial charge in [-0.1, -0.05) is 84.9 Å². The van der Waals surface area contributed by atoms with Crippen LogP contribution in [0.5, 0.6) is 0 Å². The number of carbonyl (C=O) groups is 1. The minimum atomic E-state index is -0.982. The lowest BCUT2D eigenvalue weighted by atomic mass is 9.70. The molecule has 1 aliphatic rings. The van der Waals surface area contributed by atoms with Crippen LogP contribution in [-0.2, 0) is 16.8 Å². The van der Waals surface area contributed by atoms with Crippen LogP contribution in [0.4, 0.5) is 5.69 Å². The maximum Gasteiger partial charge on any atom is 0.247 e. The Kier molecular flexibility index (Phi) is 4.24. The van der Waals surface area contributed by atoms with Crippen LogP contribution in [0.15, 0.2) is 116 Å². The van der Waals surface area contributed by atoms with Gasteiger partial charge in [0.25, 0.3) is 0 Å². The van der Waals surface area contributed by atoms with Crippen LogP contribution in [0, 0.1) is 0 Å². The van der Waals surface area contributed by atoms with Crippen LogP contribution >= 0.6 is 0 Å². The zero-order chi connectivity index (χ0) is 23.4. The quantitative estimate of drug-likeness (QED) is 0.313. The molecule has 1 amide bonds. The maximum atomic E-state index is 14.9. The van der Waals surface area contributed by atoms with Crippen LogP contribution in [0.2, 0.25) is 0 Å². The third-order valence-corrected chi connectivity index (χ3v) is 7.33. The Morgan fingerprint density at radius 1 is 0.600 bits per heavy atom. The van der Waals surface area contributed by atoms with Gasteiger partial charge in [-0.05, 0) is 23.8 Å². The molecule has 0 radical (unpaired) electrons. The van der Waals surface area contributed by atoms with Crippen molar-refractivity contribution in [3.05, 3.63) is 138 Å². The predicted octanol–water partition coefficient (Wildman–Crippen LogP) is 6.53. The molecule has 4 nitrogen and oxygen atoms in total. The second kappa shape index (κ2) is 7.47. The van der Waals surface area contributed by atoms with Gasteiger partial charge in [0.15, 0.2) is 0 Å². The Morgan fingerprint density at radius 3 is 1.80 bits per heavy atom. The van der Waals surface area contributed by atoms with E-state index in [4.69, 9.17) is 0 Å². The van der Waals surface area contributed by atoms with E-state index in [-0.39, 0.29) is 5.91 Å². The summed E-state index contributed by atoms with van der Waals surface area (Å²) in [7, 11) is 0. The second-order valence-electron chi connectivity index (χ2n) is 9.14. The maximum absolute atomic E-state index is 14.9. The minimum absolute atomic E-state index is 0.0667. The number of anilines is 1. The molecular formula is C31H23N3O. The fourth-order valence-corrected chi connectivity index (χ4v) is 5.81. The van der Waals surface area contributed by atoms with Crippen molar-refractivity contribution in [1.29, 1.82) is 0 Å². The van der Waals surface area contributed by atoms with E-state index in [9.17, 15) is 4.79 Å². The zero-order valence-electron chi connectivity index (χ0n) is 19.0. The average molecular weight is 454 g/mol. The third kappa shape index (κ3) is 2.71. The van der Waals surface area contributed by atoms with Gasteiger partial charge in [0.05, 0.1) is 6.54 Å². The Balaban J connectivity index is 1.57. The summed E-state index contributed by atoms with van der Waals surface area (Å²) in [5.41, 5.74) is 6.08. The van der Waals surface area contributed by atoms with Crippen molar-refractivity contribution in [2.45, 2.75) is 12.0 Å². The third-order valence-electron chi connectivity index (χ3n) is 7.33. The molecule has 2 aromatic heterocycles. The van der Waals surface area contributed by atoms with Crippen molar-refractivity contribution in [3.63, 3.8) is 0 Å². The number of nitrogens with one attached hydrogen (secondary N) is 2. The number of carbonyl (C=O) groups excluding carboxylic acids is 1. The molecule has 2 N–H and O–H groups in total. The topological polar surface area (TPSA) is 51.9 Å². The summed E-state index contributed by atoms with van der Waals surface area (Å²) >= 11 is 0. The Hall–Kier alpha value is -4.57. The number of H-pyrrole nitrogens is 2. The van der Waals surface area contributed by atoms with Gasteiger partial charge in [-0.3, -0.25) is 4.79 Å². The van der Waals surface area contributed by atoms with Gasteiger partial charge in [-0.25, -0.2) is 0 Å². The highest BCUT2D eigenvalue weighted by molar-refractivity contribution is 6.16. The van der Waals surface area contributed by atoms with E-state index < -0.39 is 5.41 Å². The second-order valence-corrected chi connectivity index (χ2v) is 9.14. The lowest BCUT2D eigenvalue weighted by molar-refractivity contribution is -0.120. The summed E-state index contributed by atoms with van der Waals surface area (Å²) < 4.78 is 0. The highest BCUT2D eigenvalue weighted by Crippen LogP contribution is 2.53. The van der Waals surface area contributed by atoms with Crippen LogP contribution in [0.1, 0.15) is 22.3 Å². The number of aromatic amines is 2. The fourth-order valence-electron chi connectivity index (χ4n) is 5.81. The molecule has 0 atom stereocenters. The van der Waals surface area contributed by atoms with E-state index in [0.717, 1.165) is 49.7 Å². The van der Waals surface area contributed by atoms with Gasteiger partial charge in [0, 0.05) is 56.6 Å². The van der Waals surface area contributed by atoms with Crippen LogP contribution in [0.25, 0.3) is 21.8 Å². The summed E-state index contributed by atoms with van der Waals surface area (Å²) in [6.07, 6.45) is 4.04. The highest BCUT2D eigenvalue weighted by atomic mass is 16.2. The van der Waals surface area contributed by atoms with Crippen LogP contribution in [-0.4, -0.2) is 15.9 Å². The molecule has 0 fully saturated rings. The van der Waals surface area contributed by atoms with E-state index >= 15 is 0 Å². The van der Waals surface area contributed by atoms with Crippen LogP contribution in [0.3, 0.4) is 0 Å². The number of nitrogens with zero attached hydrogens (tertiary/aromatic N) is 1. The Labute approximate surface area is 202 Å². The van der Waals surface area contributed by atoms with Crippen molar-refractivity contribution in [2.24, 2.45) is 0 Å². The van der Waals surface area contributed by atoms with Gasteiger partial charge in [0.2, 0.25) is 5.91 Å². The van der Waals surface area contributed by atoms with Crippen molar-refractivity contribution in [3.8, 4) is 0 Å². The molecule has 0 aliphatic carbocycles. The first-order valence-electron chi connectivity index (χ1n) is 11.9. The highest BCUT2D eigenvalue weighted by Gasteiger charge is 2.55. The molecule has 3 heterocycles. The standard InChI is InChI=1S/C31H23N3O/c35-30-31(25-18-32-27-15-7-4-12-22(25)27,26-19-33-28-16-8-5-13-23(26)28)24-14-6-9-17-29(24)34(30)20-21-10-2-1-3-11-21/h1-19,32-33H,20H2. The number of aromatic nitrogens is 2. The molecule has 6 aromatic rings. The molecule has 0 saturated carbocycles. The summed E-state index contributed by atoms with van der Waals surface area (Å²) in [4.78, 5) is 23.7. The number of amides is 1. The van der Waals surface area contributed by atoms with Crippen molar-refractivity contribution in [1.82, 2.24) is 9.97 Å². The van der Waals surface area contributed by atoms with Gasteiger partial charge in [0.1, 0.15) is 5.41 Å². The van der Waals surface area contributed by atoms with Crippen molar-refractivity contribution in [2.75, 3.05) is 4.90 Å². The first-order valence-corrected chi connectivity index (χ1v) is 11.9. The van der Waals surface area contributed by atoms with Gasteiger partial charge in [-0.15, -0.1) is 0 Å². The monoisotopic (exact) mass is 453 g/mol. The molecule has 0 bridgehead atoms.